The summed E-state index contributed by atoms with van der Waals surface area (Å²) in [4.78, 5) is 19.2. The van der Waals surface area contributed by atoms with Crippen molar-refractivity contribution in [2.24, 2.45) is 5.73 Å². The Hall–Kier alpha value is -1.14. The predicted molar refractivity (Wildman–Crippen MR) is 95.4 cm³/mol. The number of halogens is 2. The fraction of sp³-hybridized carbons (Fsp3) is 0.500. The molecule has 23 heavy (non-hydrogen) atoms. The molecule has 7 heteroatoms. The largest absolute Gasteiger partial charge is 0.330 e. The lowest BCUT2D eigenvalue weighted by molar-refractivity contribution is 0.132. The number of piperidine rings is 1. The Bertz CT molecular complexity index is 717. The van der Waals surface area contributed by atoms with E-state index in [-0.39, 0.29) is 18.0 Å². The zero-order chi connectivity index (χ0) is 15.5. The fourth-order valence-corrected chi connectivity index (χ4v) is 3.36. The third kappa shape index (κ3) is 4.23. The van der Waals surface area contributed by atoms with Gasteiger partial charge in [0.15, 0.2) is 0 Å². The van der Waals surface area contributed by atoms with Crippen LogP contribution in [0.5, 0.6) is 0 Å². The Morgan fingerprint density at radius 3 is 2.96 bits per heavy atom. The average molecular weight is 357 g/mol. The third-order valence-corrected chi connectivity index (χ3v) is 4.51. The molecule has 2 aromatic rings. The van der Waals surface area contributed by atoms with Crippen molar-refractivity contribution in [3.05, 3.63) is 45.5 Å². The maximum absolute atomic E-state index is 12.2. The Kier molecular flexibility index (Phi) is 6.41. The fourth-order valence-electron chi connectivity index (χ4n) is 3.20. The summed E-state index contributed by atoms with van der Waals surface area (Å²) in [6.45, 7) is 2.46. The van der Waals surface area contributed by atoms with Gasteiger partial charge in [0.25, 0.3) is 5.56 Å². The molecule has 2 aromatic heterocycles. The minimum atomic E-state index is -0.0881. The molecule has 0 aliphatic carbocycles. The van der Waals surface area contributed by atoms with E-state index in [1.165, 1.54) is 23.7 Å². The lowest BCUT2D eigenvalue weighted by atomic mass is 9.99. The van der Waals surface area contributed by atoms with Gasteiger partial charge in [0, 0.05) is 24.8 Å². The standard InChI is InChI=1S/C16H21ClN4O.ClH/c17-12-4-5-15-19-13(9-16(22)21(15)10-12)11-20-8-2-1-3-14(20)6-7-18;/h4-5,9-10,14H,1-3,6-8,11,18H2;1H. The Morgan fingerprint density at radius 2 is 2.17 bits per heavy atom. The van der Waals surface area contributed by atoms with Crippen LogP contribution in [0.4, 0.5) is 0 Å². The molecule has 0 aromatic carbocycles. The van der Waals surface area contributed by atoms with Gasteiger partial charge in [-0.25, -0.2) is 4.98 Å². The molecular weight excluding hydrogens is 335 g/mol. The third-order valence-electron chi connectivity index (χ3n) is 4.29. The zero-order valence-electron chi connectivity index (χ0n) is 12.9. The molecule has 3 heterocycles. The van der Waals surface area contributed by atoms with Gasteiger partial charge in [0.1, 0.15) is 5.65 Å². The number of fused-ring (bicyclic) bond motifs is 1. The maximum atomic E-state index is 12.2. The van der Waals surface area contributed by atoms with Gasteiger partial charge >= 0.3 is 0 Å². The van der Waals surface area contributed by atoms with Gasteiger partial charge in [-0.05, 0) is 44.5 Å². The molecule has 1 aliphatic rings. The van der Waals surface area contributed by atoms with Crippen LogP contribution in [0, 0.1) is 0 Å². The van der Waals surface area contributed by atoms with Crippen molar-refractivity contribution in [2.45, 2.75) is 38.3 Å². The van der Waals surface area contributed by atoms with E-state index < -0.39 is 0 Å². The van der Waals surface area contributed by atoms with E-state index in [2.05, 4.69) is 9.88 Å². The quantitative estimate of drug-likeness (QED) is 0.913. The SMILES string of the molecule is Cl.NCCC1CCCCN1Cc1cc(=O)n2cc(Cl)ccc2n1. The summed E-state index contributed by atoms with van der Waals surface area (Å²) in [5.41, 5.74) is 7.09. The molecule has 0 amide bonds. The number of hydrogen-bond donors (Lipinski definition) is 1. The van der Waals surface area contributed by atoms with Crippen LogP contribution in [0.1, 0.15) is 31.4 Å². The Morgan fingerprint density at radius 1 is 1.35 bits per heavy atom. The molecule has 0 radical (unpaired) electrons. The minimum Gasteiger partial charge on any atom is -0.330 e. The monoisotopic (exact) mass is 356 g/mol. The van der Waals surface area contributed by atoms with Gasteiger partial charge in [-0.1, -0.05) is 18.0 Å². The van der Waals surface area contributed by atoms with Crippen molar-refractivity contribution in [2.75, 3.05) is 13.1 Å². The molecule has 1 fully saturated rings. The first-order valence-electron chi connectivity index (χ1n) is 7.79. The predicted octanol–water partition coefficient (Wildman–Crippen LogP) is 2.47. The Labute approximate surface area is 146 Å². The summed E-state index contributed by atoms with van der Waals surface area (Å²) in [5, 5.41) is 0.531. The number of likely N-dealkylation sites (tertiary alicyclic amines) is 1. The second kappa shape index (κ2) is 8.11. The summed E-state index contributed by atoms with van der Waals surface area (Å²) in [6, 6.07) is 5.65. The van der Waals surface area contributed by atoms with Gasteiger partial charge in [-0.3, -0.25) is 14.1 Å². The van der Waals surface area contributed by atoms with E-state index in [0.29, 0.717) is 29.8 Å². The van der Waals surface area contributed by atoms with E-state index in [0.717, 1.165) is 18.7 Å². The van der Waals surface area contributed by atoms with E-state index in [9.17, 15) is 4.79 Å². The van der Waals surface area contributed by atoms with Crippen LogP contribution in [-0.4, -0.2) is 33.4 Å². The normalized spacial score (nSPS) is 18.8. The van der Waals surface area contributed by atoms with Gasteiger partial charge in [0.05, 0.1) is 10.7 Å². The van der Waals surface area contributed by atoms with Crippen molar-refractivity contribution in [3.63, 3.8) is 0 Å². The first kappa shape index (κ1) is 18.2. The summed E-state index contributed by atoms with van der Waals surface area (Å²) >= 11 is 5.93. The summed E-state index contributed by atoms with van der Waals surface area (Å²) in [5.74, 6) is 0. The van der Waals surface area contributed by atoms with Gasteiger partial charge in [0.2, 0.25) is 0 Å². The molecule has 0 saturated carbocycles. The first-order chi connectivity index (χ1) is 10.7. The maximum Gasteiger partial charge on any atom is 0.258 e. The smallest absolute Gasteiger partial charge is 0.258 e. The lowest BCUT2D eigenvalue weighted by Gasteiger charge is -2.35. The van der Waals surface area contributed by atoms with Gasteiger partial charge < -0.3 is 5.73 Å². The highest BCUT2D eigenvalue weighted by atomic mass is 35.5. The van der Waals surface area contributed by atoms with Crippen LogP contribution in [0.2, 0.25) is 5.02 Å². The van der Waals surface area contributed by atoms with Crippen molar-refractivity contribution >= 4 is 29.7 Å². The van der Waals surface area contributed by atoms with E-state index in [1.807, 2.05) is 0 Å². The number of hydrogen-bond acceptors (Lipinski definition) is 4. The molecule has 2 N–H and O–H groups in total. The number of nitrogens with two attached hydrogens (primary N) is 1. The number of aromatic nitrogens is 2. The second-order valence-electron chi connectivity index (χ2n) is 5.86. The van der Waals surface area contributed by atoms with Crippen LogP contribution in [0.25, 0.3) is 5.65 Å². The Balaban J connectivity index is 0.00000192. The number of rotatable bonds is 4. The zero-order valence-corrected chi connectivity index (χ0v) is 14.5. The van der Waals surface area contributed by atoms with Crippen LogP contribution in [-0.2, 0) is 6.54 Å². The van der Waals surface area contributed by atoms with E-state index in [4.69, 9.17) is 17.3 Å². The van der Waals surface area contributed by atoms with Crippen molar-refractivity contribution in [3.8, 4) is 0 Å². The molecular formula is C16H22Cl2N4O. The minimum absolute atomic E-state index is 0. The molecule has 5 nitrogen and oxygen atoms in total. The van der Waals surface area contributed by atoms with Crippen molar-refractivity contribution < 1.29 is 0 Å². The molecule has 126 valence electrons. The summed E-state index contributed by atoms with van der Waals surface area (Å²) < 4.78 is 1.49. The summed E-state index contributed by atoms with van der Waals surface area (Å²) in [6.07, 6.45) is 6.24. The molecule has 1 saturated heterocycles. The highest BCUT2D eigenvalue weighted by Crippen LogP contribution is 2.21. The lowest BCUT2D eigenvalue weighted by Crippen LogP contribution is -2.40. The molecule has 0 spiro atoms. The highest BCUT2D eigenvalue weighted by Gasteiger charge is 2.22. The first-order valence-corrected chi connectivity index (χ1v) is 8.17. The van der Waals surface area contributed by atoms with Crippen LogP contribution in [0.15, 0.2) is 29.2 Å². The van der Waals surface area contributed by atoms with E-state index >= 15 is 0 Å². The van der Waals surface area contributed by atoms with Crippen molar-refractivity contribution in [1.82, 2.24) is 14.3 Å². The van der Waals surface area contributed by atoms with Crippen LogP contribution < -0.4 is 11.3 Å². The molecule has 1 unspecified atom stereocenters. The molecule has 0 bridgehead atoms. The molecule has 3 rings (SSSR count). The number of nitrogens with zero attached hydrogens (tertiary/aromatic N) is 3. The van der Waals surface area contributed by atoms with Gasteiger partial charge in [-0.15, -0.1) is 12.4 Å². The highest BCUT2D eigenvalue weighted by molar-refractivity contribution is 6.30. The second-order valence-corrected chi connectivity index (χ2v) is 6.30. The van der Waals surface area contributed by atoms with Gasteiger partial charge in [-0.2, -0.15) is 0 Å². The van der Waals surface area contributed by atoms with Crippen molar-refractivity contribution in [1.29, 1.82) is 0 Å². The van der Waals surface area contributed by atoms with Crippen LogP contribution in [0.3, 0.4) is 0 Å². The number of pyridine rings is 1. The summed E-state index contributed by atoms with van der Waals surface area (Å²) in [7, 11) is 0. The topological polar surface area (TPSA) is 63.6 Å². The van der Waals surface area contributed by atoms with Crippen LogP contribution >= 0.6 is 24.0 Å². The van der Waals surface area contributed by atoms with E-state index in [1.54, 1.807) is 24.4 Å². The average Bonchev–Trinajstić information content (AvgIpc) is 2.50. The molecule has 1 atom stereocenters. The molecule has 1 aliphatic heterocycles.